The van der Waals surface area contributed by atoms with E-state index < -0.39 is 47.5 Å². The van der Waals surface area contributed by atoms with E-state index in [4.69, 9.17) is 18.9 Å². The molecule has 0 amide bonds. The molecular formula is C62H116O8. The van der Waals surface area contributed by atoms with Crippen LogP contribution in [-0.4, -0.2) is 50.3 Å². The van der Waals surface area contributed by atoms with E-state index in [0.29, 0.717) is 0 Å². The van der Waals surface area contributed by atoms with E-state index in [1.807, 2.05) is 0 Å². The summed E-state index contributed by atoms with van der Waals surface area (Å²) in [4.78, 5) is 56.0. The fraction of sp³-hybridized carbons (Fsp3) is 0.935. The molecule has 0 bridgehead atoms. The summed E-state index contributed by atoms with van der Waals surface area (Å²) in [5.41, 5.74) is 0. The van der Waals surface area contributed by atoms with Crippen LogP contribution in [0.25, 0.3) is 0 Å². The van der Waals surface area contributed by atoms with Crippen molar-refractivity contribution in [2.45, 2.75) is 299 Å². The molecule has 0 N–H and O–H groups in total. The molecule has 4 atom stereocenters. The highest BCUT2D eigenvalue weighted by Gasteiger charge is 2.51. The molecule has 0 aliphatic heterocycles. The molecule has 1 aliphatic carbocycles. The summed E-state index contributed by atoms with van der Waals surface area (Å²) in [5, 5.41) is 0. The lowest BCUT2D eigenvalue weighted by atomic mass is 9.68. The number of carbonyl (C=O) groups is 4. The van der Waals surface area contributed by atoms with E-state index in [2.05, 4.69) is 55.4 Å². The number of rotatable bonds is 48. The van der Waals surface area contributed by atoms with Crippen molar-refractivity contribution in [3.05, 3.63) is 0 Å². The van der Waals surface area contributed by atoms with E-state index in [1.165, 1.54) is 154 Å². The highest BCUT2D eigenvalue weighted by molar-refractivity contribution is 5.87. The Morgan fingerprint density at radius 1 is 0.257 bits per heavy atom. The van der Waals surface area contributed by atoms with Crippen LogP contribution in [0.4, 0.5) is 0 Å². The third kappa shape index (κ3) is 37.6. The summed E-state index contributed by atoms with van der Waals surface area (Å²) >= 11 is 0. The maximum absolute atomic E-state index is 14.0. The Bertz CT molecular complexity index is 1060. The summed E-state index contributed by atoms with van der Waals surface area (Å²) in [6, 6.07) is 0. The second-order valence-corrected chi connectivity index (χ2v) is 23.6. The van der Waals surface area contributed by atoms with Crippen molar-refractivity contribution < 1.29 is 38.1 Å². The normalized spacial score (nSPS) is 17.2. The molecule has 70 heavy (non-hydrogen) atoms. The highest BCUT2D eigenvalue weighted by atomic mass is 16.5. The molecule has 1 saturated carbocycles. The minimum Gasteiger partial charge on any atom is -0.465 e. The van der Waals surface area contributed by atoms with Crippen molar-refractivity contribution in [3.8, 4) is 0 Å². The van der Waals surface area contributed by atoms with Crippen LogP contribution < -0.4 is 0 Å². The van der Waals surface area contributed by atoms with Crippen LogP contribution in [0.15, 0.2) is 0 Å². The van der Waals surface area contributed by atoms with E-state index in [0.717, 1.165) is 101 Å². The van der Waals surface area contributed by atoms with Crippen LogP contribution >= 0.6 is 0 Å². The van der Waals surface area contributed by atoms with Gasteiger partial charge in [-0.25, -0.2) is 0 Å². The SMILES string of the molecule is CC(C)CCCCCCCCCCOC(=O)C1CC(C(=O)OCCCCCCCCCCC(C)C)C(C(=O)OCCCCCCCCCCC(C)C)CC1C(=O)OCCCCCCCCCCC(C)C. The van der Waals surface area contributed by atoms with Crippen LogP contribution in [0.5, 0.6) is 0 Å². The van der Waals surface area contributed by atoms with E-state index in [-0.39, 0.29) is 39.3 Å². The lowest BCUT2D eigenvalue weighted by Crippen LogP contribution is -2.46. The minimum atomic E-state index is -0.887. The Morgan fingerprint density at radius 2 is 0.400 bits per heavy atom. The standard InChI is InChI=1S/C62H116O8/c1-51(2)41-33-25-17-9-13-21-29-37-45-67-59(63)55-49-57(61(65)69-47-39-31-23-15-11-19-27-35-43-53(5)6)58(62(66)70-48-40-32-24-16-12-20-28-36-44-54(7)8)50-56(55)60(64)68-46-38-30-22-14-10-18-26-34-42-52(3)4/h51-58H,9-50H2,1-8H3. The lowest BCUT2D eigenvalue weighted by molar-refractivity contribution is -0.175. The first-order valence-corrected chi connectivity index (χ1v) is 30.5. The van der Waals surface area contributed by atoms with Gasteiger partial charge in [-0.3, -0.25) is 19.2 Å². The van der Waals surface area contributed by atoms with Gasteiger partial charge in [0.05, 0.1) is 50.1 Å². The Labute approximate surface area is 433 Å². The van der Waals surface area contributed by atoms with Gasteiger partial charge in [-0.2, -0.15) is 0 Å². The predicted octanol–water partition coefficient (Wildman–Crippen LogP) is 18.1. The van der Waals surface area contributed by atoms with Gasteiger partial charge in [0, 0.05) is 0 Å². The fourth-order valence-electron chi connectivity index (χ4n) is 10.2. The average Bonchev–Trinajstić information content (AvgIpc) is 3.32. The third-order valence-corrected chi connectivity index (χ3v) is 14.9. The van der Waals surface area contributed by atoms with Crippen LogP contribution in [-0.2, 0) is 38.1 Å². The lowest BCUT2D eigenvalue weighted by Gasteiger charge is -2.37. The number of carbonyl (C=O) groups excluding carboxylic acids is 4. The molecular weight excluding hydrogens is 873 g/mol. The predicted molar refractivity (Wildman–Crippen MR) is 293 cm³/mol. The second kappa shape index (κ2) is 45.5. The number of unbranched alkanes of at least 4 members (excludes halogenated alkanes) is 28. The third-order valence-electron chi connectivity index (χ3n) is 14.9. The molecule has 0 saturated heterocycles. The minimum absolute atomic E-state index is 0.0131. The van der Waals surface area contributed by atoms with Crippen LogP contribution in [0.3, 0.4) is 0 Å². The van der Waals surface area contributed by atoms with E-state index >= 15 is 0 Å². The number of hydrogen-bond donors (Lipinski definition) is 0. The molecule has 1 rings (SSSR count). The molecule has 0 heterocycles. The smallest absolute Gasteiger partial charge is 0.309 e. The number of ether oxygens (including phenoxy) is 4. The Hall–Kier alpha value is -2.12. The molecule has 0 aromatic heterocycles. The zero-order valence-electron chi connectivity index (χ0n) is 47.6. The van der Waals surface area contributed by atoms with Crippen LogP contribution in [0.2, 0.25) is 0 Å². The van der Waals surface area contributed by atoms with Gasteiger partial charge in [-0.05, 0) is 62.2 Å². The molecule has 412 valence electrons. The topological polar surface area (TPSA) is 105 Å². The zero-order valence-corrected chi connectivity index (χ0v) is 47.6. The highest BCUT2D eigenvalue weighted by Crippen LogP contribution is 2.41. The first kappa shape index (κ1) is 65.9. The van der Waals surface area contributed by atoms with Gasteiger partial charge in [0.1, 0.15) is 0 Å². The second-order valence-electron chi connectivity index (χ2n) is 23.6. The molecule has 0 aromatic carbocycles. The summed E-state index contributed by atoms with van der Waals surface area (Å²) in [6.45, 7) is 19.4. The van der Waals surface area contributed by atoms with Gasteiger partial charge in [-0.1, -0.05) is 261 Å². The van der Waals surface area contributed by atoms with E-state index in [1.54, 1.807) is 0 Å². The summed E-state index contributed by atoms with van der Waals surface area (Å²) < 4.78 is 23.6. The molecule has 0 aromatic rings. The Balaban J connectivity index is 2.93. The van der Waals surface area contributed by atoms with Gasteiger partial charge >= 0.3 is 23.9 Å². The maximum atomic E-state index is 14.0. The summed E-state index contributed by atoms with van der Waals surface area (Å²) in [7, 11) is 0. The fourth-order valence-corrected chi connectivity index (χ4v) is 10.2. The first-order valence-electron chi connectivity index (χ1n) is 30.5. The van der Waals surface area contributed by atoms with Crippen molar-refractivity contribution in [1.82, 2.24) is 0 Å². The quantitative estimate of drug-likeness (QED) is 0.0337. The zero-order chi connectivity index (χ0) is 51.5. The van der Waals surface area contributed by atoms with Crippen molar-refractivity contribution in [1.29, 1.82) is 0 Å². The molecule has 1 aliphatic rings. The van der Waals surface area contributed by atoms with Gasteiger partial charge < -0.3 is 18.9 Å². The van der Waals surface area contributed by atoms with Crippen molar-refractivity contribution in [2.75, 3.05) is 26.4 Å². The van der Waals surface area contributed by atoms with E-state index in [9.17, 15) is 19.2 Å². The average molecular weight is 990 g/mol. The Kier molecular flexibility index (Phi) is 42.8. The van der Waals surface area contributed by atoms with Crippen LogP contribution in [0.1, 0.15) is 299 Å². The Morgan fingerprint density at radius 3 is 0.557 bits per heavy atom. The molecule has 0 radical (unpaired) electrons. The summed E-state index contributed by atoms with van der Waals surface area (Å²) in [6.07, 6.45) is 41.8. The molecule has 8 heteroatoms. The molecule has 8 nitrogen and oxygen atoms in total. The molecule has 0 spiro atoms. The van der Waals surface area contributed by atoms with Crippen molar-refractivity contribution >= 4 is 23.9 Å². The van der Waals surface area contributed by atoms with Gasteiger partial charge in [-0.15, -0.1) is 0 Å². The first-order chi connectivity index (χ1) is 33.8. The van der Waals surface area contributed by atoms with Gasteiger partial charge in [0.15, 0.2) is 0 Å². The number of esters is 4. The maximum Gasteiger partial charge on any atom is 0.309 e. The largest absolute Gasteiger partial charge is 0.465 e. The number of hydrogen-bond acceptors (Lipinski definition) is 8. The summed E-state index contributed by atoms with van der Waals surface area (Å²) in [5.74, 6) is -2.38. The van der Waals surface area contributed by atoms with Crippen LogP contribution in [0, 0.1) is 47.3 Å². The van der Waals surface area contributed by atoms with Crippen molar-refractivity contribution in [2.24, 2.45) is 47.3 Å². The van der Waals surface area contributed by atoms with Gasteiger partial charge in [0.25, 0.3) is 0 Å². The molecule has 4 unspecified atom stereocenters. The monoisotopic (exact) mass is 989 g/mol. The van der Waals surface area contributed by atoms with Crippen molar-refractivity contribution in [3.63, 3.8) is 0 Å². The van der Waals surface area contributed by atoms with Gasteiger partial charge in [0.2, 0.25) is 0 Å². The molecule has 1 fully saturated rings.